The summed E-state index contributed by atoms with van der Waals surface area (Å²) in [5.41, 5.74) is 2.17. The van der Waals surface area contributed by atoms with Gasteiger partial charge in [-0.1, -0.05) is 30.3 Å². The first-order chi connectivity index (χ1) is 11.6. The highest BCUT2D eigenvalue weighted by atomic mass is 16.3. The van der Waals surface area contributed by atoms with Crippen LogP contribution in [0, 0.1) is 6.92 Å². The number of likely N-dealkylation sites (N-methyl/N-ethyl adjacent to an activating group) is 1. The van der Waals surface area contributed by atoms with Crippen LogP contribution in [0.5, 0.6) is 0 Å². The molecule has 0 bridgehead atoms. The van der Waals surface area contributed by atoms with Gasteiger partial charge in [0, 0.05) is 18.7 Å². The van der Waals surface area contributed by atoms with Crippen LogP contribution in [0.15, 0.2) is 47.1 Å². The van der Waals surface area contributed by atoms with Crippen molar-refractivity contribution < 1.29 is 14.0 Å². The summed E-state index contributed by atoms with van der Waals surface area (Å²) in [6.45, 7) is 2.94. The number of likely N-dealkylation sites (tertiary alicyclic amines) is 1. The van der Waals surface area contributed by atoms with Gasteiger partial charge < -0.3 is 4.42 Å². The molecule has 2 amide bonds. The van der Waals surface area contributed by atoms with Crippen molar-refractivity contribution >= 4 is 11.8 Å². The monoisotopic (exact) mass is 326 g/mol. The van der Waals surface area contributed by atoms with Crippen LogP contribution >= 0.6 is 0 Å². The molecule has 24 heavy (non-hydrogen) atoms. The summed E-state index contributed by atoms with van der Waals surface area (Å²) in [7, 11) is 1.88. The molecular weight excluding hydrogens is 304 g/mol. The molecule has 0 spiro atoms. The Hall–Kier alpha value is -2.40. The van der Waals surface area contributed by atoms with Crippen molar-refractivity contribution in [2.24, 2.45) is 0 Å². The molecule has 5 nitrogen and oxygen atoms in total. The van der Waals surface area contributed by atoms with Crippen LogP contribution in [-0.2, 0) is 22.6 Å². The Kier molecular flexibility index (Phi) is 4.81. The normalized spacial score (nSPS) is 18.0. The molecule has 2 aromatic rings. The van der Waals surface area contributed by atoms with E-state index in [4.69, 9.17) is 4.42 Å². The fourth-order valence-electron chi connectivity index (χ4n) is 3.08. The number of carbonyl (C=O) groups is 2. The van der Waals surface area contributed by atoms with Crippen LogP contribution in [0.2, 0.25) is 0 Å². The lowest BCUT2D eigenvalue weighted by molar-refractivity contribution is -0.139. The van der Waals surface area contributed by atoms with Crippen molar-refractivity contribution in [3.05, 3.63) is 59.5 Å². The number of hydrogen-bond donors (Lipinski definition) is 0. The van der Waals surface area contributed by atoms with E-state index in [1.54, 1.807) is 6.26 Å². The Morgan fingerprint density at radius 1 is 1.21 bits per heavy atom. The molecule has 1 fully saturated rings. The molecule has 1 atom stereocenters. The number of furan rings is 1. The molecule has 2 heterocycles. The fraction of sp³-hybridized carbons (Fsp3) is 0.368. The Labute approximate surface area is 141 Å². The average molecular weight is 326 g/mol. The van der Waals surface area contributed by atoms with Crippen LogP contribution in [0.25, 0.3) is 0 Å². The molecule has 0 radical (unpaired) electrons. The van der Waals surface area contributed by atoms with E-state index in [2.05, 4.69) is 0 Å². The maximum absolute atomic E-state index is 12.6. The van der Waals surface area contributed by atoms with Gasteiger partial charge in [0.25, 0.3) is 0 Å². The van der Waals surface area contributed by atoms with Gasteiger partial charge in [0.05, 0.1) is 18.7 Å². The first-order valence-electron chi connectivity index (χ1n) is 8.17. The number of nitrogens with zero attached hydrogens (tertiary/aromatic N) is 2. The molecule has 0 aliphatic carbocycles. The van der Waals surface area contributed by atoms with Crippen molar-refractivity contribution in [2.45, 2.75) is 32.4 Å². The van der Waals surface area contributed by atoms with E-state index >= 15 is 0 Å². The van der Waals surface area contributed by atoms with Crippen LogP contribution < -0.4 is 0 Å². The highest BCUT2D eigenvalue weighted by Crippen LogP contribution is 2.21. The van der Waals surface area contributed by atoms with Gasteiger partial charge in [-0.3, -0.25) is 19.4 Å². The molecular formula is C19H22N2O3. The third-order valence-corrected chi connectivity index (χ3v) is 4.61. The Morgan fingerprint density at radius 2 is 1.96 bits per heavy atom. The highest BCUT2D eigenvalue weighted by molar-refractivity contribution is 6.05. The number of carbonyl (C=O) groups excluding carboxylic acids is 2. The van der Waals surface area contributed by atoms with Crippen molar-refractivity contribution in [1.82, 2.24) is 9.80 Å². The Morgan fingerprint density at radius 3 is 2.62 bits per heavy atom. The molecule has 5 heteroatoms. The van der Waals surface area contributed by atoms with E-state index in [0.29, 0.717) is 19.5 Å². The number of imide groups is 1. The van der Waals surface area contributed by atoms with Gasteiger partial charge in [0.1, 0.15) is 5.76 Å². The third kappa shape index (κ3) is 3.41. The maximum Gasteiger partial charge on any atom is 0.247 e. The fourth-order valence-corrected chi connectivity index (χ4v) is 3.08. The summed E-state index contributed by atoms with van der Waals surface area (Å²) in [5.74, 6) is 0.663. The van der Waals surface area contributed by atoms with E-state index in [-0.39, 0.29) is 24.3 Å². The summed E-state index contributed by atoms with van der Waals surface area (Å²) >= 11 is 0. The zero-order valence-electron chi connectivity index (χ0n) is 14.1. The number of hydrogen-bond acceptors (Lipinski definition) is 4. The highest BCUT2D eigenvalue weighted by Gasteiger charge is 2.40. The molecule has 0 N–H and O–H groups in total. The summed E-state index contributed by atoms with van der Waals surface area (Å²) in [6, 6.07) is 11.4. The quantitative estimate of drug-likeness (QED) is 0.765. The van der Waals surface area contributed by atoms with Crippen LogP contribution in [0.3, 0.4) is 0 Å². The van der Waals surface area contributed by atoms with Crippen molar-refractivity contribution in [2.75, 3.05) is 13.6 Å². The van der Waals surface area contributed by atoms with E-state index in [1.807, 2.05) is 55.3 Å². The van der Waals surface area contributed by atoms with Gasteiger partial charge in [-0.2, -0.15) is 0 Å². The maximum atomic E-state index is 12.6. The summed E-state index contributed by atoms with van der Waals surface area (Å²) in [4.78, 5) is 28.2. The summed E-state index contributed by atoms with van der Waals surface area (Å²) in [5, 5.41) is 0. The molecule has 1 aromatic heterocycles. The number of rotatable bonds is 6. The Balaban J connectivity index is 1.62. The standard InChI is InChI=1S/C19H22N2O3/c1-14-16(9-11-24-14)13-20(2)17-12-18(22)21(19(17)23)10-8-15-6-4-3-5-7-15/h3-7,9,11,17H,8,10,12-13H2,1-2H3/t17-/m0/s1. The minimum absolute atomic E-state index is 0.0864. The van der Waals surface area contributed by atoms with Crippen LogP contribution in [-0.4, -0.2) is 41.2 Å². The summed E-state index contributed by atoms with van der Waals surface area (Å²) in [6.07, 6.45) is 2.59. The van der Waals surface area contributed by atoms with Gasteiger partial charge in [0.2, 0.25) is 11.8 Å². The lowest BCUT2D eigenvalue weighted by Gasteiger charge is -2.22. The number of aryl methyl sites for hydroxylation is 1. The third-order valence-electron chi connectivity index (χ3n) is 4.61. The SMILES string of the molecule is Cc1occc1CN(C)[C@H]1CC(=O)N(CCc2ccccc2)C1=O. The molecule has 126 valence electrons. The molecule has 1 saturated heterocycles. The molecule has 1 aliphatic rings. The molecule has 1 aromatic carbocycles. The van der Waals surface area contributed by atoms with Crippen LogP contribution in [0.4, 0.5) is 0 Å². The first kappa shape index (κ1) is 16.5. The largest absolute Gasteiger partial charge is 0.469 e. The van der Waals surface area contributed by atoms with E-state index in [1.165, 1.54) is 4.90 Å². The second-order valence-corrected chi connectivity index (χ2v) is 6.26. The Bertz CT molecular complexity index is 723. The van der Waals surface area contributed by atoms with Gasteiger partial charge in [0.15, 0.2) is 0 Å². The number of amides is 2. The predicted molar refractivity (Wildman–Crippen MR) is 90.2 cm³/mol. The molecule has 1 aliphatic heterocycles. The molecule has 3 rings (SSSR count). The minimum atomic E-state index is -0.387. The molecule has 0 saturated carbocycles. The molecule has 0 unspecified atom stereocenters. The van der Waals surface area contributed by atoms with Gasteiger partial charge >= 0.3 is 0 Å². The van der Waals surface area contributed by atoms with Gasteiger partial charge in [-0.05, 0) is 32.0 Å². The zero-order chi connectivity index (χ0) is 17.1. The first-order valence-corrected chi connectivity index (χ1v) is 8.17. The topological polar surface area (TPSA) is 53.8 Å². The van der Waals surface area contributed by atoms with Gasteiger partial charge in [-0.15, -0.1) is 0 Å². The van der Waals surface area contributed by atoms with Crippen molar-refractivity contribution in [3.63, 3.8) is 0 Å². The lowest BCUT2D eigenvalue weighted by atomic mass is 10.1. The van der Waals surface area contributed by atoms with Crippen molar-refractivity contribution in [1.29, 1.82) is 0 Å². The second-order valence-electron chi connectivity index (χ2n) is 6.26. The predicted octanol–water partition coefficient (Wildman–Crippen LogP) is 2.39. The van der Waals surface area contributed by atoms with Gasteiger partial charge in [-0.25, -0.2) is 0 Å². The van der Waals surface area contributed by atoms with E-state index in [0.717, 1.165) is 16.9 Å². The average Bonchev–Trinajstić information content (AvgIpc) is 3.10. The zero-order valence-corrected chi connectivity index (χ0v) is 14.1. The van der Waals surface area contributed by atoms with Crippen LogP contribution in [0.1, 0.15) is 23.3 Å². The van der Waals surface area contributed by atoms with E-state index < -0.39 is 0 Å². The number of benzene rings is 1. The smallest absolute Gasteiger partial charge is 0.247 e. The summed E-state index contributed by atoms with van der Waals surface area (Å²) < 4.78 is 5.30. The lowest BCUT2D eigenvalue weighted by Crippen LogP contribution is -2.40. The second kappa shape index (κ2) is 7.01. The van der Waals surface area contributed by atoms with E-state index in [9.17, 15) is 9.59 Å². The van der Waals surface area contributed by atoms with Crippen molar-refractivity contribution in [3.8, 4) is 0 Å². The minimum Gasteiger partial charge on any atom is -0.469 e.